The molecule has 0 radical (unpaired) electrons. The number of halogens is 2. The summed E-state index contributed by atoms with van der Waals surface area (Å²) >= 11 is 5.89. The van der Waals surface area contributed by atoms with Crippen molar-refractivity contribution in [2.45, 2.75) is 6.54 Å². The highest BCUT2D eigenvalue weighted by Crippen LogP contribution is 2.29. The van der Waals surface area contributed by atoms with Crippen LogP contribution in [0.2, 0.25) is 5.02 Å². The van der Waals surface area contributed by atoms with Gasteiger partial charge in [0.2, 0.25) is 0 Å². The van der Waals surface area contributed by atoms with Gasteiger partial charge < -0.3 is 16.4 Å². The van der Waals surface area contributed by atoms with Gasteiger partial charge in [-0.2, -0.15) is 0 Å². The molecule has 6 heteroatoms. The first-order valence-electron chi connectivity index (χ1n) is 8.77. The van der Waals surface area contributed by atoms with E-state index in [-0.39, 0.29) is 5.02 Å². The topological polar surface area (TPSA) is 63.0 Å². The van der Waals surface area contributed by atoms with E-state index in [1.807, 2.05) is 48.5 Å². The van der Waals surface area contributed by atoms with Crippen LogP contribution in [0.5, 0.6) is 0 Å². The van der Waals surface area contributed by atoms with Crippen LogP contribution in [0, 0.1) is 5.82 Å². The number of nitrogen functional groups attached to an aromatic ring is 1. The number of hydrogen-bond donors (Lipinski definition) is 3. The van der Waals surface area contributed by atoms with Gasteiger partial charge in [0.1, 0.15) is 5.82 Å². The van der Waals surface area contributed by atoms with Crippen molar-refractivity contribution in [3.05, 3.63) is 89.3 Å². The highest BCUT2D eigenvalue weighted by Gasteiger charge is 2.06. The lowest BCUT2D eigenvalue weighted by Crippen LogP contribution is -2.00. The third-order valence-corrected chi connectivity index (χ3v) is 4.68. The zero-order valence-corrected chi connectivity index (χ0v) is 15.7. The summed E-state index contributed by atoms with van der Waals surface area (Å²) in [6, 6.07) is 20.2. The first-order valence-corrected chi connectivity index (χ1v) is 9.15. The Labute approximate surface area is 167 Å². The Morgan fingerprint density at radius 2 is 1.82 bits per heavy atom. The molecule has 0 amide bonds. The molecule has 0 aliphatic carbocycles. The number of fused-ring (bicyclic) bond motifs is 1. The molecule has 3 aromatic carbocycles. The summed E-state index contributed by atoms with van der Waals surface area (Å²) in [6.45, 7) is 0.660. The molecule has 140 valence electrons. The van der Waals surface area contributed by atoms with Crippen LogP contribution in [0.25, 0.3) is 10.9 Å². The third kappa shape index (κ3) is 4.00. The molecular formula is C22H18ClFN4. The third-order valence-electron chi connectivity index (χ3n) is 4.39. The first kappa shape index (κ1) is 18.1. The highest BCUT2D eigenvalue weighted by atomic mass is 35.5. The minimum Gasteiger partial charge on any atom is -0.399 e. The summed E-state index contributed by atoms with van der Waals surface area (Å²) < 4.78 is 13.4. The summed E-state index contributed by atoms with van der Waals surface area (Å²) in [5.74, 6) is -0.445. The Morgan fingerprint density at radius 1 is 0.964 bits per heavy atom. The van der Waals surface area contributed by atoms with Crippen LogP contribution in [0.15, 0.2) is 72.9 Å². The van der Waals surface area contributed by atoms with Gasteiger partial charge in [0.25, 0.3) is 0 Å². The van der Waals surface area contributed by atoms with Gasteiger partial charge in [0.15, 0.2) is 0 Å². The number of pyridine rings is 1. The zero-order chi connectivity index (χ0) is 19.5. The van der Waals surface area contributed by atoms with Gasteiger partial charge in [-0.3, -0.25) is 4.98 Å². The Hall–Kier alpha value is -3.31. The lowest BCUT2D eigenvalue weighted by Gasteiger charge is -2.12. The fourth-order valence-corrected chi connectivity index (χ4v) is 3.18. The van der Waals surface area contributed by atoms with Crippen molar-refractivity contribution in [3.63, 3.8) is 0 Å². The summed E-state index contributed by atoms with van der Waals surface area (Å²) in [7, 11) is 0. The lowest BCUT2D eigenvalue weighted by molar-refractivity contribution is 0.628. The molecule has 0 atom stereocenters. The molecule has 4 nitrogen and oxygen atoms in total. The summed E-state index contributed by atoms with van der Waals surface area (Å²) in [6.07, 6.45) is 1.73. The maximum absolute atomic E-state index is 13.4. The maximum Gasteiger partial charge on any atom is 0.141 e. The number of hydrogen-bond acceptors (Lipinski definition) is 4. The van der Waals surface area contributed by atoms with Crippen molar-refractivity contribution < 1.29 is 4.39 Å². The van der Waals surface area contributed by atoms with E-state index >= 15 is 0 Å². The van der Waals surface area contributed by atoms with Crippen LogP contribution in [0.1, 0.15) is 5.56 Å². The second kappa shape index (κ2) is 7.74. The summed E-state index contributed by atoms with van der Waals surface area (Å²) in [5.41, 5.74) is 11.1. The maximum atomic E-state index is 13.4. The fourth-order valence-electron chi connectivity index (χ4n) is 3.00. The van der Waals surface area contributed by atoms with Crippen LogP contribution in [-0.2, 0) is 6.54 Å². The minimum atomic E-state index is -0.445. The molecular weight excluding hydrogens is 375 g/mol. The van der Waals surface area contributed by atoms with Crippen molar-refractivity contribution in [3.8, 4) is 0 Å². The van der Waals surface area contributed by atoms with Gasteiger partial charge in [-0.25, -0.2) is 4.39 Å². The molecule has 0 fully saturated rings. The molecule has 4 N–H and O–H groups in total. The molecule has 0 bridgehead atoms. The van der Waals surface area contributed by atoms with Crippen molar-refractivity contribution in [1.29, 1.82) is 0 Å². The van der Waals surface area contributed by atoms with Gasteiger partial charge in [0.05, 0.1) is 10.5 Å². The summed E-state index contributed by atoms with van der Waals surface area (Å²) in [4.78, 5) is 4.42. The minimum absolute atomic E-state index is 0.0767. The van der Waals surface area contributed by atoms with E-state index in [1.54, 1.807) is 18.3 Å². The number of nitrogens with zero attached hydrogens (tertiary/aromatic N) is 1. The monoisotopic (exact) mass is 392 g/mol. The molecule has 0 aliphatic rings. The Balaban J connectivity index is 1.60. The van der Waals surface area contributed by atoms with Gasteiger partial charge in [-0.05, 0) is 60.2 Å². The molecule has 1 heterocycles. The number of nitrogens with two attached hydrogens (primary N) is 1. The molecule has 0 unspecified atom stereocenters. The van der Waals surface area contributed by atoms with Crippen LogP contribution in [0.4, 0.5) is 27.1 Å². The number of anilines is 4. The van der Waals surface area contributed by atoms with Crippen LogP contribution in [-0.4, -0.2) is 4.98 Å². The smallest absolute Gasteiger partial charge is 0.141 e. The standard InChI is InChI=1S/C22H18ClFN4/c23-19-12-17(4-6-20(19)24)28-22-8-9-26-21-7-5-16(11-18(21)22)27-13-14-2-1-3-15(25)10-14/h1-12,27H,13,25H2,(H,26,28). The number of aromatic nitrogens is 1. The predicted octanol–water partition coefficient (Wildman–Crippen LogP) is 5.97. The largest absolute Gasteiger partial charge is 0.399 e. The second-order valence-corrected chi connectivity index (χ2v) is 6.85. The van der Waals surface area contributed by atoms with E-state index in [2.05, 4.69) is 15.6 Å². The average Bonchev–Trinajstić information content (AvgIpc) is 2.69. The SMILES string of the molecule is Nc1cccc(CNc2ccc3nccc(Nc4ccc(F)c(Cl)c4)c3c2)c1. The molecule has 1 aromatic heterocycles. The molecule has 4 rings (SSSR count). The van der Waals surface area contributed by atoms with Crippen molar-refractivity contribution in [2.75, 3.05) is 16.4 Å². The number of benzene rings is 3. The van der Waals surface area contributed by atoms with Crippen LogP contribution < -0.4 is 16.4 Å². The fraction of sp³-hybridized carbons (Fsp3) is 0.0455. The second-order valence-electron chi connectivity index (χ2n) is 6.44. The van der Waals surface area contributed by atoms with Crippen LogP contribution in [0.3, 0.4) is 0 Å². The Kier molecular flexibility index (Phi) is 5.00. The predicted molar refractivity (Wildman–Crippen MR) is 115 cm³/mol. The van der Waals surface area contributed by atoms with E-state index in [4.69, 9.17) is 17.3 Å². The van der Waals surface area contributed by atoms with Gasteiger partial charge >= 0.3 is 0 Å². The van der Waals surface area contributed by atoms with E-state index in [0.717, 1.165) is 33.5 Å². The van der Waals surface area contributed by atoms with Crippen molar-refractivity contribution in [2.24, 2.45) is 0 Å². The molecule has 4 aromatic rings. The van der Waals surface area contributed by atoms with E-state index in [0.29, 0.717) is 12.2 Å². The quantitative estimate of drug-likeness (QED) is 0.366. The van der Waals surface area contributed by atoms with E-state index in [9.17, 15) is 4.39 Å². The normalized spacial score (nSPS) is 10.8. The van der Waals surface area contributed by atoms with Crippen molar-refractivity contribution >= 4 is 45.3 Å². The molecule has 0 saturated heterocycles. The molecule has 0 spiro atoms. The average molecular weight is 393 g/mol. The first-order chi connectivity index (χ1) is 13.6. The van der Waals surface area contributed by atoms with Gasteiger partial charge in [-0.15, -0.1) is 0 Å². The van der Waals surface area contributed by atoms with Gasteiger partial charge in [-0.1, -0.05) is 23.7 Å². The Bertz CT molecular complexity index is 1150. The number of nitrogens with one attached hydrogen (secondary N) is 2. The molecule has 0 aliphatic heterocycles. The summed E-state index contributed by atoms with van der Waals surface area (Å²) in [5, 5.41) is 7.72. The van der Waals surface area contributed by atoms with Crippen molar-refractivity contribution in [1.82, 2.24) is 4.98 Å². The van der Waals surface area contributed by atoms with Crippen LogP contribution >= 0.6 is 11.6 Å². The van der Waals surface area contributed by atoms with E-state index < -0.39 is 5.82 Å². The lowest BCUT2D eigenvalue weighted by atomic mass is 10.1. The molecule has 28 heavy (non-hydrogen) atoms. The number of rotatable bonds is 5. The Morgan fingerprint density at radius 3 is 2.64 bits per heavy atom. The highest BCUT2D eigenvalue weighted by molar-refractivity contribution is 6.31. The zero-order valence-electron chi connectivity index (χ0n) is 14.9. The van der Waals surface area contributed by atoms with E-state index in [1.165, 1.54) is 6.07 Å². The van der Waals surface area contributed by atoms with Gasteiger partial charge in [0, 0.05) is 40.9 Å². The molecule has 0 saturated carbocycles.